The summed E-state index contributed by atoms with van der Waals surface area (Å²) in [5.74, 6) is -0.608. The average molecular weight is 346 g/mol. The van der Waals surface area contributed by atoms with Crippen molar-refractivity contribution in [2.75, 3.05) is 11.9 Å². The van der Waals surface area contributed by atoms with Gasteiger partial charge in [0.25, 0.3) is 5.91 Å². The summed E-state index contributed by atoms with van der Waals surface area (Å²) in [6, 6.07) is 1.66. The van der Waals surface area contributed by atoms with Crippen molar-refractivity contribution < 1.29 is 32.2 Å². The number of carbonyl (C=O) groups excluding carboxylic acids is 2. The van der Waals surface area contributed by atoms with E-state index in [9.17, 15) is 22.8 Å². The Morgan fingerprint density at radius 1 is 1.33 bits per heavy atom. The molecule has 1 unspecified atom stereocenters. The molecule has 0 bridgehead atoms. The highest BCUT2D eigenvalue weighted by atomic mass is 19.4. The molecule has 1 aromatic carbocycles. The molecule has 6 nitrogen and oxygen atoms in total. The number of anilines is 1. The molecule has 0 spiro atoms. The van der Waals surface area contributed by atoms with Crippen LogP contribution in [0, 0.1) is 0 Å². The highest BCUT2D eigenvalue weighted by Crippen LogP contribution is 2.35. The fourth-order valence-corrected chi connectivity index (χ4v) is 1.96. The summed E-state index contributed by atoms with van der Waals surface area (Å²) in [6.07, 6.45) is -5.37. The Hall–Kier alpha value is -2.45. The van der Waals surface area contributed by atoms with Crippen LogP contribution in [0.1, 0.15) is 26.3 Å². The Balaban J connectivity index is 2.12. The number of hydrogen-bond acceptors (Lipinski definition) is 4. The maximum atomic E-state index is 12.7. The van der Waals surface area contributed by atoms with Crippen molar-refractivity contribution in [3.05, 3.63) is 23.8 Å². The second-order valence-electron chi connectivity index (χ2n) is 6.21. The number of ether oxygens (including phenoxy) is 2. The Bertz CT molecular complexity index is 653. The number of hydrogen-bond donors (Lipinski definition) is 2. The number of halogens is 3. The zero-order valence-corrected chi connectivity index (χ0v) is 13.3. The van der Waals surface area contributed by atoms with Gasteiger partial charge in [0.05, 0.1) is 11.3 Å². The highest BCUT2D eigenvalue weighted by Gasteiger charge is 2.33. The minimum atomic E-state index is -4.54. The van der Waals surface area contributed by atoms with Gasteiger partial charge in [0.15, 0.2) is 0 Å². The number of alkyl halides is 3. The van der Waals surface area contributed by atoms with Gasteiger partial charge in [-0.1, -0.05) is 0 Å². The van der Waals surface area contributed by atoms with Gasteiger partial charge in [-0.25, -0.2) is 4.79 Å². The van der Waals surface area contributed by atoms with E-state index in [4.69, 9.17) is 9.47 Å². The van der Waals surface area contributed by atoms with Gasteiger partial charge in [-0.2, -0.15) is 13.2 Å². The van der Waals surface area contributed by atoms with Crippen molar-refractivity contribution in [1.29, 1.82) is 0 Å². The molecule has 0 saturated carbocycles. The minimum Gasteiger partial charge on any atom is -0.489 e. The van der Waals surface area contributed by atoms with E-state index in [1.165, 1.54) is 0 Å². The van der Waals surface area contributed by atoms with E-state index in [0.29, 0.717) is 0 Å². The van der Waals surface area contributed by atoms with E-state index in [0.717, 1.165) is 18.2 Å². The second-order valence-corrected chi connectivity index (χ2v) is 6.21. The third-order valence-corrected chi connectivity index (χ3v) is 2.98. The molecule has 2 N–H and O–H groups in total. The van der Waals surface area contributed by atoms with Crippen LogP contribution in [0.2, 0.25) is 0 Å². The fourth-order valence-electron chi connectivity index (χ4n) is 1.96. The quantitative estimate of drug-likeness (QED) is 0.820. The molecule has 0 aliphatic carbocycles. The molecule has 0 radical (unpaired) electrons. The Kier molecular flexibility index (Phi) is 4.63. The lowest BCUT2D eigenvalue weighted by Crippen LogP contribution is -2.48. The van der Waals surface area contributed by atoms with E-state index < -0.39 is 35.4 Å². The molecule has 9 heteroatoms. The average Bonchev–Trinajstić information content (AvgIpc) is 2.55. The molecule has 1 aromatic rings. The van der Waals surface area contributed by atoms with Crippen molar-refractivity contribution >= 4 is 17.7 Å². The van der Waals surface area contributed by atoms with Crippen molar-refractivity contribution in [3.63, 3.8) is 0 Å². The summed E-state index contributed by atoms with van der Waals surface area (Å²) in [7, 11) is 0. The van der Waals surface area contributed by atoms with Crippen LogP contribution in [-0.2, 0) is 15.7 Å². The Morgan fingerprint density at radius 2 is 2.00 bits per heavy atom. The second kappa shape index (κ2) is 6.21. The number of rotatable bonds is 1. The fraction of sp³-hybridized carbons (Fsp3) is 0.467. The van der Waals surface area contributed by atoms with Gasteiger partial charge >= 0.3 is 12.3 Å². The Morgan fingerprint density at radius 3 is 2.58 bits per heavy atom. The first-order valence-electron chi connectivity index (χ1n) is 7.10. The number of amides is 2. The lowest BCUT2D eigenvalue weighted by Gasteiger charge is -2.22. The smallest absolute Gasteiger partial charge is 0.416 e. The standard InChI is InChI=1S/C15H17F3N2O4/c1-14(2,3)24-13(22)20-10-7-23-11-5-4-8(15(16,17)18)6-9(11)19-12(10)21/h4-6,10H,7H2,1-3H3,(H,19,21)(H,20,22). The topological polar surface area (TPSA) is 76.7 Å². The molecular weight excluding hydrogens is 329 g/mol. The first-order chi connectivity index (χ1) is 11.0. The van der Waals surface area contributed by atoms with Crippen LogP contribution >= 0.6 is 0 Å². The maximum Gasteiger partial charge on any atom is 0.416 e. The van der Waals surface area contributed by atoms with Crippen molar-refractivity contribution in [2.45, 2.75) is 38.6 Å². The van der Waals surface area contributed by atoms with Crippen LogP contribution in [0.3, 0.4) is 0 Å². The normalized spacial score (nSPS) is 17.9. The first kappa shape index (κ1) is 17.9. The van der Waals surface area contributed by atoms with Gasteiger partial charge in [0.2, 0.25) is 0 Å². The summed E-state index contributed by atoms with van der Waals surface area (Å²) >= 11 is 0. The van der Waals surface area contributed by atoms with Gasteiger partial charge in [0.1, 0.15) is 24.0 Å². The van der Waals surface area contributed by atoms with Crippen molar-refractivity contribution in [1.82, 2.24) is 5.32 Å². The molecule has 0 aromatic heterocycles. The summed E-state index contributed by atoms with van der Waals surface area (Å²) in [5.41, 5.74) is -1.77. The maximum absolute atomic E-state index is 12.7. The SMILES string of the molecule is CC(C)(C)OC(=O)NC1COc2ccc(C(F)(F)F)cc2NC1=O. The van der Waals surface area contributed by atoms with E-state index in [1.807, 2.05) is 0 Å². The zero-order valence-electron chi connectivity index (χ0n) is 13.3. The third kappa shape index (κ3) is 4.53. The zero-order chi connectivity index (χ0) is 18.1. The summed E-state index contributed by atoms with van der Waals surface area (Å²) in [4.78, 5) is 23.8. The highest BCUT2D eigenvalue weighted by molar-refractivity contribution is 5.98. The largest absolute Gasteiger partial charge is 0.489 e. The van der Waals surface area contributed by atoms with Gasteiger partial charge in [-0.3, -0.25) is 4.79 Å². The summed E-state index contributed by atoms with van der Waals surface area (Å²) in [5, 5.41) is 4.64. The lowest BCUT2D eigenvalue weighted by atomic mass is 10.2. The number of fused-ring (bicyclic) bond motifs is 1. The monoisotopic (exact) mass is 346 g/mol. The predicted octanol–water partition coefficient (Wildman–Crippen LogP) is 2.93. The van der Waals surface area contributed by atoms with Crippen LogP contribution in [-0.4, -0.2) is 30.3 Å². The van der Waals surface area contributed by atoms with Crippen LogP contribution in [0.25, 0.3) is 0 Å². The number of nitrogens with one attached hydrogen (secondary N) is 2. The minimum absolute atomic E-state index is 0.0878. The van der Waals surface area contributed by atoms with Gasteiger partial charge in [-0.05, 0) is 39.0 Å². The van der Waals surface area contributed by atoms with Gasteiger partial charge in [0, 0.05) is 0 Å². The molecule has 1 atom stereocenters. The van der Waals surface area contributed by atoms with E-state index >= 15 is 0 Å². The van der Waals surface area contributed by atoms with E-state index in [1.54, 1.807) is 20.8 Å². The molecule has 132 valence electrons. The van der Waals surface area contributed by atoms with Gasteiger partial charge < -0.3 is 20.1 Å². The number of alkyl carbamates (subject to hydrolysis) is 1. The van der Waals surface area contributed by atoms with Crippen LogP contribution in [0.5, 0.6) is 5.75 Å². The predicted molar refractivity (Wildman–Crippen MR) is 78.7 cm³/mol. The molecule has 2 rings (SSSR count). The van der Waals surface area contributed by atoms with E-state index in [-0.39, 0.29) is 18.0 Å². The van der Waals surface area contributed by atoms with Gasteiger partial charge in [-0.15, -0.1) is 0 Å². The first-order valence-corrected chi connectivity index (χ1v) is 7.10. The molecule has 2 amide bonds. The Labute approximate surface area is 136 Å². The third-order valence-electron chi connectivity index (χ3n) is 2.98. The molecular formula is C15H17F3N2O4. The lowest BCUT2D eigenvalue weighted by molar-refractivity contribution is -0.137. The molecule has 24 heavy (non-hydrogen) atoms. The molecule has 1 heterocycles. The van der Waals surface area contributed by atoms with E-state index in [2.05, 4.69) is 10.6 Å². The molecule has 0 saturated heterocycles. The van der Waals surface area contributed by atoms with Crippen molar-refractivity contribution in [3.8, 4) is 5.75 Å². The van der Waals surface area contributed by atoms with Crippen LogP contribution < -0.4 is 15.4 Å². The summed E-state index contributed by atoms with van der Waals surface area (Å²) in [6.45, 7) is 4.74. The molecule has 0 fully saturated rings. The van der Waals surface area contributed by atoms with Crippen LogP contribution in [0.4, 0.5) is 23.7 Å². The number of carbonyl (C=O) groups is 2. The summed E-state index contributed by atoms with van der Waals surface area (Å²) < 4.78 is 48.6. The van der Waals surface area contributed by atoms with Crippen LogP contribution in [0.15, 0.2) is 18.2 Å². The van der Waals surface area contributed by atoms with Crippen molar-refractivity contribution in [2.24, 2.45) is 0 Å². The molecule has 1 aliphatic rings. The number of benzene rings is 1. The molecule has 1 aliphatic heterocycles.